The Labute approximate surface area is 131 Å². The fraction of sp³-hybridized carbons (Fsp3) is 0.667. The summed E-state index contributed by atoms with van der Waals surface area (Å²) in [7, 11) is -4.81. The standard InChI is InChI=1S/C12H17NO9S/c14-9-6-8(23(20,21)22)11(17)13(9)7(12(18)19)4-2-1-3-5-10(15)16/h7-8H,1-6H2,(H,15,16)(H,18,19)(H,20,21,22)/p-2. The minimum absolute atomic E-state index is 0.180. The summed E-state index contributed by atoms with van der Waals surface area (Å²) in [6.07, 6.45) is -0.507. The first-order valence-corrected chi connectivity index (χ1v) is 8.29. The fourth-order valence-corrected chi connectivity index (χ4v) is 3.04. The molecule has 1 rings (SSSR count). The van der Waals surface area contributed by atoms with E-state index in [0.717, 1.165) is 0 Å². The van der Waals surface area contributed by atoms with Crippen LogP contribution < -0.4 is 10.2 Å². The van der Waals surface area contributed by atoms with E-state index in [1.54, 1.807) is 0 Å². The summed E-state index contributed by atoms with van der Waals surface area (Å²) in [5.74, 6) is -5.31. The number of hydrogen-bond acceptors (Lipinski definition) is 8. The van der Waals surface area contributed by atoms with Gasteiger partial charge in [0.2, 0.25) is 5.91 Å². The number of nitrogens with zero attached hydrogens (tertiary/aromatic N) is 1. The molecule has 2 amide bonds. The minimum Gasteiger partial charge on any atom is -0.550 e. The van der Waals surface area contributed by atoms with Gasteiger partial charge in [-0.15, -0.1) is 0 Å². The number of carbonyl (C=O) groups excluding carboxylic acids is 4. The number of rotatable bonds is 9. The summed E-state index contributed by atoms with van der Waals surface area (Å²) in [4.78, 5) is 45.2. The second-order valence-electron chi connectivity index (χ2n) is 5.12. The molecule has 0 aromatic rings. The molecule has 0 aliphatic carbocycles. The van der Waals surface area contributed by atoms with Gasteiger partial charge in [0, 0.05) is 5.97 Å². The van der Waals surface area contributed by atoms with Crippen molar-refractivity contribution in [3.05, 3.63) is 0 Å². The molecule has 2 atom stereocenters. The number of likely N-dealkylation sites (tertiary alicyclic amines) is 1. The van der Waals surface area contributed by atoms with Gasteiger partial charge in [-0.3, -0.25) is 19.0 Å². The lowest BCUT2D eigenvalue weighted by Gasteiger charge is -2.27. The van der Waals surface area contributed by atoms with E-state index in [4.69, 9.17) is 4.55 Å². The smallest absolute Gasteiger partial charge is 0.277 e. The van der Waals surface area contributed by atoms with Gasteiger partial charge in [0.05, 0.1) is 18.4 Å². The molecule has 11 heteroatoms. The van der Waals surface area contributed by atoms with Crippen molar-refractivity contribution in [3.63, 3.8) is 0 Å². The van der Waals surface area contributed by atoms with Gasteiger partial charge in [-0.1, -0.05) is 12.8 Å². The molecular formula is C12H15NO9S-2. The monoisotopic (exact) mass is 349 g/mol. The first-order valence-electron chi connectivity index (χ1n) is 6.78. The van der Waals surface area contributed by atoms with Gasteiger partial charge in [0.1, 0.15) is 0 Å². The minimum atomic E-state index is -4.81. The third-order valence-corrected chi connectivity index (χ3v) is 4.53. The molecule has 2 unspecified atom stereocenters. The Kier molecular flexibility index (Phi) is 6.21. The molecule has 1 aliphatic rings. The number of hydrogen-bond donors (Lipinski definition) is 1. The molecule has 10 nitrogen and oxygen atoms in total. The number of aliphatic carboxylic acids is 2. The van der Waals surface area contributed by atoms with E-state index in [2.05, 4.69) is 0 Å². The lowest BCUT2D eigenvalue weighted by Crippen LogP contribution is -2.51. The quantitative estimate of drug-likeness (QED) is 0.256. The van der Waals surface area contributed by atoms with Crippen LogP contribution in [-0.4, -0.2) is 52.9 Å². The number of amides is 2. The highest BCUT2D eigenvalue weighted by Gasteiger charge is 2.48. The zero-order valence-corrected chi connectivity index (χ0v) is 12.8. The van der Waals surface area contributed by atoms with Crippen LogP contribution in [0.5, 0.6) is 0 Å². The van der Waals surface area contributed by atoms with Crippen LogP contribution in [0.2, 0.25) is 0 Å². The second kappa shape index (κ2) is 7.51. The molecule has 23 heavy (non-hydrogen) atoms. The first-order chi connectivity index (χ1) is 10.6. The van der Waals surface area contributed by atoms with Crippen molar-refractivity contribution in [3.8, 4) is 0 Å². The largest absolute Gasteiger partial charge is 0.550 e. The highest BCUT2D eigenvalue weighted by atomic mass is 32.2. The van der Waals surface area contributed by atoms with E-state index >= 15 is 0 Å². The number of carboxylic acids is 2. The van der Waals surface area contributed by atoms with Crippen molar-refractivity contribution in [1.29, 1.82) is 0 Å². The maximum atomic E-state index is 11.9. The molecule has 1 N–H and O–H groups in total. The van der Waals surface area contributed by atoms with Crippen molar-refractivity contribution >= 4 is 33.9 Å². The van der Waals surface area contributed by atoms with Crippen molar-refractivity contribution < 1.29 is 42.4 Å². The number of imide groups is 1. The van der Waals surface area contributed by atoms with E-state index in [9.17, 15) is 37.8 Å². The summed E-state index contributed by atoms with van der Waals surface area (Å²) >= 11 is 0. The Hall–Kier alpha value is -2.01. The van der Waals surface area contributed by atoms with E-state index in [1.165, 1.54) is 0 Å². The molecule has 0 bridgehead atoms. The van der Waals surface area contributed by atoms with Crippen LogP contribution in [0.4, 0.5) is 0 Å². The zero-order valence-electron chi connectivity index (χ0n) is 12.0. The van der Waals surface area contributed by atoms with Gasteiger partial charge < -0.3 is 19.8 Å². The fourth-order valence-electron chi connectivity index (χ4n) is 2.32. The SMILES string of the molecule is O=C([O-])CCCCCC(C(=O)[O-])N1C(=O)CC(S(=O)(=O)O)C1=O. The molecule has 1 saturated heterocycles. The summed E-state index contributed by atoms with van der Waals surface area (Å²) in [6, 6.07) is -1.66. The number of unbranched alkanes of at least 4 members (excludes halogenated alkanes) is 2. The van der Waals surface area contributed by atoms with Crippen LogP contribution in [0.15, 0.2) is 0 Å². The molecule has 0 aromatic heterocycles. The lowest BCUT2D eigenvalue weighted by molar-refractivity contribution is -0.311. The van der Waals surface area contributed by atoms with Crippen LogP contribution in [-0.2, 0) is 29.3 Å². The van der Waals surface area contributed by atoms with Gasteiger partial charge in [0.15, 0.2) is 5.25 Å². The molecule has 1 aliphatic heterocycles. The maximum absolute atomic E-state index is 11.9. The normalized spacial score (nSPS) is 19.9. The highest BCUT2D eigenvalue weighted by Crippen LogP contribution is 2.24. The predicted octanol–water partition coefficient (Wildman–Crippen LogP) is -3.18. The van der Waals surface area contributed by atoms with Crippen molar-refractivity contribution in [1.82, 2.24) is 4.90 Å². The third kappa shape index (κ3) is 4.99. The molecule has 1 fully saturated rings. The molecule has 130 valence electrons. The summed E-state index contributed by atoms with van der Waals surface area (Å²) in [5, 5.41) is 19.4. The molecule has 0 saturated carbocycles. The maximum Gasteiger partial charge on any atom is 0.277 e. The van der Waals surface area contributed by atoms with Crippen LogP contribution in [0, 0.1) is 0 Å². The molecule has 1 heterocycles. The number of carbonyl (C=O) groups is 4. The number of carboxylic acid groups (broad SMARTS) is 2. The zero-order chi connectivity index (χ0) is 17.8. The molecule has 0 spiro atoms. The van der Waals surface area contributed by atoms with E-state index < -0.39 is 51.6 Å². The topological polar surface area (TPSA) is 172 Å². The van der Waals surface area contributed by atoms with Gasteiger partial charge >= 0.3 is 0 Å². The predicted molar refractivity (Wildman–Crippen MR) is 68.7 cm³/mol. The van der Waals surface area contributed by atoms with Gasteiger partial charge in [-0.2, -0.15) is 8.42 Å². The average molecular weight is 349 g/mol. The summed E-state index contributed by atoms with van der Waals surface area (Å²) < 4.78 is 30.9. The van der Waals surface area contributed by atoms with Crippen LogP contribution in [0.25, 0.3) is 0 Å². The van der Waals surface area contributed by atoms with Crippen LogP contribution in [0.3, 0.4) is 0 Å². The Morgan fingerprint density at radius 3 is 2.26 bits per heavy atom. The van der Waals surface area contributed by atoms with E-state index in [-0.39, 0.29) is 30.6 Å². The van der Waals surface area contributed by atoms with Crippen molar-refractivity contribution in [2.45, 2.75) is 49.8 Å². The third-order valence-electron chi connectivity index (χ3n) is 3.44. The Balaban J connectivity index is 2.74. The lowest BCUT2D eigenvalue weighted by atomic mass is 10.1. The molecule has 0 radical (unpaired) electrons. The van der Waals surface area contributed by atoms with Crippen LogP contribution in [0.1, 0.15) is 38.5 Å². The van der Waals surface area contributed by atoms with Gasteiger partial charge in [-0.05, 0) is 19.3 Å². The van der Waals surface area contributed by atoms with Crippen molar-refractivity contribution in [2.75, 3.05) is 0 Å². The Morgan fingerprint density at radius 1 is 1.22 bits per heavy atom. The summed E-state index contributed by atoms with van der Waals surface area (Å²) in [6.45, 7) is 0. The van der Waals surface area contributed by atoms with E-state index in [1.807, 2.05) is 0 Å². The van der Waals surface area contributed by atoms with Crippen LogP contribution >= 0.6 is 0 Å². The van der Waals surface area contributed by atoms with E-state index in [0.29, 0.717) is 6.42 Å². The summed E-state index contributed by atoms with van der Waals surface area (Å²) in [5.41, 5.74) is 0. The Morgan fingerprint density at radius 2 is 1.83 bits per heavy atom. The van der Waals surface area contributed by atoms with Crippen molar-refractivity contribution in [2.24, 2.45) is 0 Å². The molecule has 0 aromatic carbocycles. The van der Waals surface area contributed by atoms with Gasteiger partial charge in [0.25, 0.3) is 16.0 Å². The second-order valence-corrected chi connectivity index (χ2v) is 6.71. The first kappa shape index (κ1) is 19.0. The van der Waals surface area contributed by atoms with Gasteiger partial charge in [-0.25, -0.2) is 0 Å². The average Bonchev–Trinajstić information content (AvgIpc) is 2.69. The molecular weight excluding hydrogens is 334 g/mol. The highest BCUT2D eigenvalue weighted by molar-refractivity contribution is 7.87. The Bertz CT molecular complexity index is 612.